The highest BCUT2D eigenvalue weighted by Crippen LogP contribution is 2.26. The number of pyridine rings is 1. The average molecular weight is 350 g/mol. The molecular weight excluding hydrogens is 328 g/mol. The number of benzene rings is 1. The van der Waals surface area contributed by atoms with Crippen molar-refractivity contribution in [1.82, 2.24) is 14.5 Å². The topological polar surface area (TPSA) is 59.4 Å². The number of rotatable bonds is 3. The summed E-state index contributed by atoms with van der Waals surface area (Å²) in [6, 6.07) is 13.8. The van der Waals surface area contributed by atoms with Gasteiger partial charge >= 0.3 is 0 Å². The number of aryl methyl sites for hydroxylation is 1. The van der Waals surface area contributed by atoms with Crippen LogP contribution in [-0.2, 0) is 11.8 Å². The standard InChI is InChI=1S/C20H22N4O2/c1-21-19-9-5-7-16(22-19)18-13-24(10-11-26-18)20(25)15-12-23(2)17-8-4-3-6-14(15)17/h3-9,12,18H,10-11,13H2,1-2H3,(H,21,22)/t18-/m1/s1. The van der Waals surface area contributed by atoms with Crippen molar-refractivity contribution in [3.63, 3.8) is 0 Å². The van der Waals surface area contributed by atoms with E-state index in [2.05, 4.69) is 10.3 Å². The van der Waals surface area contributed by atoms with Crippen LogP contribution in [0.2, 0.25) is 0 Å². The van der Waals surface area contributed by atoms with Gasteiger partial charge in [-0.3, -0.25) is 4.79 Å². The average Bonchev–Trinajstić information content (AvgIpc) is 3.04. The van der Waals surface area contributed by atoms with Gasteiger partial charge in [0.15, 0.2) is 0 Å². The molecular formula is C20H22N4O2. The highest BCUT2D eigenvalue weighted by molar-refractivity contribution is 6.07. The number of fused-ring (bicyclic) bond motifs is 1. The monoisotopic (exact) mass is 350 g/mol. The largest absolute Gasteiger partial charge is 0.373 e. The second-order valence-electron chi connectivity index (χ2n) is 6.48. The fourth-order valence-electron chi connectivity index (χ4n) is 3.47. The van der Waals surface area contributed by atoms with Crippen molar-refractivity contribution in [3.8, 4) is 0 Å². The Labute approximate surface area is 152 Å². The number of aromatic nitrogens is 2. The number of amides is 1. The number of carbonyl (C=O) groups is 1. The molecule has 1 amide bonds. The summed E-state index contributed by atoms with van der Waals surface area (Å²) in [4.78, 5) is 19.6. The predicted octanol–water partition coefficient (Wildman–Crippen LogP) is 2.83. The van der Waals surface area contributed by atoms with Crippen molar-refractivity contribution in [2.75, 3.05) is 32.1 Å². The SMILES string of the molecule is CNc1cccc([C@H]2CN(C(=O)c3cn(C)c4ccccc34)CCO2)n1. The van der Waals surface area contributed by atoms with Gasteiger partial charge in [-0.25, -0.2) is 4.98 Å². The Hall–Kier alpha value is -2.86. The molecule has 134 valence electrons. The minimum absolute atomic E-state index is 0.0415. The molecule has 1 N–H and O–H groups in total. The smallest absolute Gasteiger partial charge is 0.256 e. The molecule has 1 atom stereocenters. The maximum atomic E-state index is 13.2. The van der Waals surface area contributed by atoms with Gasteiger partial charge in [-0.1, -0.05) is 24.3 Å². The maximum Gasteiger partial charge on any atom is 0.256 e. The molecule has 3 aromatic rings. The van der Waals surface area contributed by atoms with Gasteiger partial charge in [0.1, 0.15) is 11.9 Å². The van der Waals surface area contributed by atoms with E-state index >= 15 is 0 Å². The number of nitrogens with zero attached hydrogens (tertiary/aromatic N) is 3. The van der Waals surface area contributed by atoms with Gasteiger partial charge in [0.25, 0.3) is 5.91 Å². The van der Waals surface area contributed by atoms with Crippen molar-refractivity contribution in [3.05, 3.63) is 59.9 Å². The van der Waals surface area contributed by atoms with Crippen LogP contribution in [0.1, 0.15) is 22.2 Å². The van der Waals surface area contributed by atoms with Crippen molar-refractivity contribution in [1.29, 1.82) is 0 Å². The quantitative estimate of drug-likeness (QED) is 0.789. The molecule has 0 spiro atoms. The highest BCUT2D eigenvalue weighted by atomic mass is 16.5. The lowest BCUT2D eigenvalue weighted by molar-refractivity contribution is -0.0246. The summed E-state index contributed by atoms with van der Waals surface area (Å²) in [6.45, 7) is 1.60. The van der Waals surface area contributed by atoms with Crippen LogP contribution in [0.5, 0.6) is 0 Å². The zero-order valence-electron chi connectivity index (χ0n) is 15.0. The number of carbonyl (C=O) groups excluding carboxylic acids is 1. The minimum atomic E-state index is -0.212. The van der Waals surface area contributed by atoms with Crippen LogP contribution in [-0.4, -0.2) is 47.1 Å². The van der Waals surface area contributed by atoms with Gasteiger partial charge in [-0.15, -0.1) is 0 Å². The molecule has 4 rings (SSSR count). The van der Waals surface area contributed by atoms with E-state index in [1.165, 1.54) is 0 Å². The second-order valence-corrected chi connectivity index (χ2v) is 6.48. The molecule has 6 heteroatoms. The number of hydrogen-bond donors (Lipinski definition) is 1. The summed E-state index contributed by atoms with van der Waals surface area (Å²) >= 11 is 0. The van der Waals surface area contributed by atoms with Crippen LogP contribution in [0.25, 0.3) is 10.9 Å². The molecule has 3 heterocycles. The minimum Gasteiger partial charge on any atom is -0.373 e. The van der Waals surface area contributed by atoms with Gasteiger partial charge in [-0.2, -0.15) is 0 Å². The first-order valence-corrected chi connectivity index (χ1v) is 8.77. The predicted molar refractivity (Wildman–Crippen MR) is 101 cm³/mol. The highest BCUT2D eigenvalue weighted by Gasteiger charge is 2.28. The van der Waals surface area contributed by atoms with E-state index in [-0.39, 0.29) is 12.0 Å². The van der Waals surface area contributed by atoms with Crippen molar-refractivity contribution in [2.24, 2.45) is 7.05 Å². The Morgan fingerprint density at radius 1 is 1.23 bits per heavy atom. The molecule has 6 nitrogen and oxygen atoms in total. The van der Waals surface area contributed by atoms with Gasteiger partial charge in [-0.05, 0) is 18.2 Å². The van der Waals surface area contributed by atoms with Crippen molar-refractivity contribution < 1.29 is 9.53 Å². The molecule has 0 bridgehead atoms. The summed E-state index contributed by atoms with van der Waals surface area (Å²) in [6.07, 6.45) is 1.70. The third-order valence-corrected chi connectivity index (χ3v) is 4.84. The first-order valence-electron chi connectivity index (χ1n) is 8.77. The fourth-order valence-corrected chi connectivity index (χ4v) is 3.47. The van der Waals surface area contributed by atoms with Gasteiger partial charge in [0, 0.05) is 37.7 Å². The van der Waals surface area contributed by atoms with E-state index in [0.717, 1.165) is 28.0 Å². The zero-order valence-corrected chi connectivity index (χ0v) is 15.0. The van der Waals surface area contributed by atoms with E-state index in [4.69, 9.17) is 4.74 Å². The van der Waals surface area contributed by atoms with Crippen molar-refractivity contribution in [2.45, 2.75) is 6.10 Å². The van der Waals surface area contributed by atoms with Crippen LogP contribution in [0.15, 0.2) is 48.7 Å². The van der Waals surface area contributed by atoms with Gasteiger partial charge in [0.05, 0.1) is 24.4 Å². The summed E-state index contributed by atoms with van der Waals surface area (Å²) in [5.41, 5.74) is 2.64. The maximum absolute atomic E-state index is 13.2. The lowest BCUT2D eigenvalue weighted by Gasteiger charge is -2.32. The van der Waals surface area contributed by atoms with E-state index in [1.807, 2.05) is 72.2 Å². The van der Waals surface area contributed by atoms with Crippen LogP contribution >= 0.6 is 0 Å². The summed E-state index contributed by atoms with van der Waals surface area (Å²) in [5.74, 6) is 0.837. The number of nitrogens with one attached hydrogen (secondary N) is 1. The lowest BCUT2D eigenvalue weighted by Crippen LogP contribution is -2.42. The Kier molecular flexibility index (Phi) is 4.34. The lowest BCUT2D eigenvalue weighted by atomic mass is 10.1. The van der Waals surface area contributed by atoms with Gasteiger partial charge in [0.2, 0.25) is 0 Å². The first-order chi connectivity index (χ1) is 12.7. The third kappa shape index (κ3) is 2.93. The van der Waals surface area contributed by atoms with Crippen LogP contribution in [0, 0.1) is 0 Å². The van der Waals surface area contributed by atoms with E-state index < -0.39 is 0 Å². The van der Waals surface area contributed by atoms with Crippen LogP contribution in [0.4, 0.5) is 5.82 Å². The van der Waals surface area contributed by atoms with Crippen LogP contribution < -0.4 is 5.32 Å². The summed E-state index contributed by atoms with van der Waals surface area (Å²) < 4.78 is 7.88. The van der Waals surface area contributed by atoms with Crippen molar-refractivity contribution >= 4 is 22.6 Å². The summed E-state index contributed by atoms with van der Waals surface area (Å²) in [7, 11) is 3.80. The number of hydrogen-bond acceptors (Lipinski definition) is 4. The first kappa shape index (κ1) is 16.6. The molecule has 1 aromatic carbocycles. The molecule has 26 heavy (non-hydrogen) atoms. The molecule has 0 radical (unpaired) electrons. The van der Waals surface area contributed by atoms with E-state index in [0.29, 0.717) is 19.7 Å². The Morgan fingerprint density at radius 3 is 2.92 bits per heavy atom. The molecule has 0 unspecified atom stereocenters. The number of para-hydroxylation sites is 1. The number of anilines is 1. The molecule has 1 aliphatic heterocycles. The summed E-state index contributed by atoms with van der Waals surface area (Å²) in [5, 5.41) is 4.02. The van der Waals surface area contributed by atoms with E-state index in [1.54, 1.807) is 0 Å². The molecule has 1 fully saturated rings. The molecule has 1 aliphatic rings. The molecule has 0 saturated carbocycles. The molecule has 2 aromatic heterocycles. The molecule has 1 saturated heterocycles. The second kappa shape index (κ2) is 6.80. The third-order valence-electron chi connectivity index (χ3n) is 4.84. The molecule has 0 aliphatic carbocycles. The fraction of sp³-hybridized carbons (Fsp3) is 0.300. The van der Waals surface area contributed by atoms with Gasteiger partial charge < -0.3 is 19.5 Å². The zero-order chi connectivity index (χ0) is 18.1. The Bertz CT molecular complexity index is 950. The number of ether oxygens (including phenoxy) is 1. The van der Waals surface area contributed by atoms with E-state index in [9.17, 15) is 4.79 Å². The Balaban J connectivity index is 1.60. The normalized spacial score (nSPS) is 17.5. The Morgan fingerprint density at radius 2 is 2.08 bits per heavy atom. The number of morpholine rings is 1. The van der Waals surface area contributed by atoms with Crippen LogP contribution in [0.3, 0.4) is 0 Å².